The molecule has 1 aliphatic rings. The van der Waals surface area contributed by atoms with Gasteiger partial charge in [0.05, 0.1) is 24.3 Å². The van der Waals surface area contributed by atoms with Crippen LogP contribution in [0.3, 0.4) is 0 Å². The van der Waals surface area contributed by atoms with Gasteiger partial charge in [-0.25, -0.2) is 4.98 Å². The predicted octanol–water partition coefficient (Wildman–Crippen LogP) is 2.19. The smallest absolute Gasteiger partial charge is 0.436 e. The van der Waals surface area contributed by atoms with Gasteiger partial charge in [-0.3, -0.25) is 0 Å². The number of furan rings is 1. The summed E-state index contributed by atoms with van der Waals surface area (Å²) in [4.78, 5) is 6.77. The highest BCUT2D eigenvalue weighted by Crippen LogP contribution is 2.37. The molecule has 0 spiro atoms. The van der Waals surface area contributed by atoms with Gasteiger partial charge in [-0.1, -0.05) is 0 Å². The van der Waals surface area contributed by atoms with E-state index in [4.69, 9.17) is 4.42 Å². The maximum Gasteiger partial charge on any atom is 0.671 e. The lowest BCUT2D eigenvalue weighted by atomic mass is 9.64. The molecule has 3 aromatic rings. The Morgan fingerprint density at radius 1 is 1.23 bits per heavy atom. The van der Waals surface area contributed by atoms with Crippen LogP contribution in [0.15, 0.2) is 40.5 Å². The molecule has 6 heteroatoms. The Morgan fingerprint density at radius 3 is 2.77 bits per heavy atom. The lowest BCUT2D eigenvalue weighted by Gasteiger charge is -2.24. The number of rotatable bonds is 1. The molecule has 0 amide bonds. The molecule has 4 heterocycles. The number of aromatic nitrogens is 3. The van der Waals surface area contributed by atoms with Crippen molar-refractivity contribution in [2.24, 2.45) is 7.05 Å². The van der Waals surface area contributed by atoms with Crippen molar-refractivity contribution in [3.63, 3.8) is 0 Å². The third-order valence-electron chi connectivity index (χ3n) is 4.34. The van der Waals surface area contributed by atoms with Gasteiger partial charge in [-0.15, -0.1) is 0 Å². The van der Waals surface area contributed by atoms with Crippen molar-refractivity contribution in [1.29, 1.82) is 0 Å². The van der Waals surface area contributed by atoms with Crippen LogP contribution in [0.1, 0.15) is 18.4 Å². The van der Waals surface area contributed by atoms with E-state index in [9.17, 15) is 0 Å². The highest BCUT2D eigenvalue weighted by Gasteiger charge is 2.45. The second-order valence-corrected chi connectivity index (χ2v) is 5.94. The first-order valence-corrected chi connectivity index (χ1v) is 7.40. The number of pyridine rings is 1. The van der Waals surface area contributed by atoms with Crippen LogP contribution in [-0.2, 0) is 7.05 Å². The molecule has 0 fully saturated rings. The monoisotopic (exact) mass is 293 g/mol. The van der Waals surface area contributed by atoms with Crippen molar-refractivity contribution in [2.45, 2.75) is 13.8 Å². The van der Waals surface area contributed by atoms with Crippen LogP contribution in [0.4, 0.5) is 5.69 Å². The highest BCUT2D eigenvalue weighted by molar-refractivity contribution is 6.64. The van der Waals surface area contributed by atoms with Crippen LogP contribution >= 0.6 is 0 Å². The summed E-state index contributed by atoms with van der Waals surface area (Å²) in [5, 5.41) is 1.06. The van der Waals surface area contributed by atoms with Gasteiger partial charge in [0.25, 0.3) is 0 Å². The molecular formula is C16H18BN4O+. The fourth-order valence-corrected chi connectivity index (χ4v) is 3.32. The molecular weight excluding hydrogens is 275 g/mol. The first-order chi connectivity index (χ1) is 10.6. The van der Waals surface area contributed by atoms with Gasteiger partial charge < -0.3 is 9.23 Å². The molecule has 5 nitrogen and oxygen atoms in total. The minimum Gasteiger partial charge on any atom is -0.436 e. The topological polar surface area (TPSA) is 38.1 Å². The summed E-state index contributed by atoms with van der Waals surface area (Å²) in [5.74, 6) is 0.888. The Hall–Kier alpha value is -2.50. The first kappa shape index (κ1) is 13.2. The summed E-state index contributed by atoms with van der Waals surface area (Å²) < 4.78 is 10.3. The van der Waals surface area contributed by atoms with Crippen LogP contribution in [0.5, 0.6) is 0 Å². The Balaban J connectivity index is 1.94. The Morgan fingerprint density at radius 2 is 2.05 bits per heavy atom. The standard InChI is InChI=1S/C16H18BN4O/c1-11-10-14-15(13-7-6-12(2)18-16(13)22-14)20(4)17(11)21-9-5-8-19(21)3/h5-10H,1-4H3/q+1. The first-order valence-electron chi connectivity index (χ1n) is 7.40. The fraction of sp³-hybridized carbons (Fsp3) is 0.250. The molecule has 0 radical (unpaired) electrons. The van der Waals surface area contributed by atoms with Crippen molar-refractivity contribution in [1.82, 2.24) is 9.67 Å². The minimum absolute atomic E-state index is 0.134. The summed E-state index contributed by atoms with van der Waals surface area (Å²) in [7, 11) is 4.16. The van der Waals surface area contributed by atoms with Crippen molar-refractivity contribution in [2.75, 3.05) is 11.9 Å². The zero-order valence-electron chi connectivity index (χ0n) is 13.2. The lowest BCUT2D eigenvalue weighted by Crippen LogP contribution is -2.66. The second-order valence-electron chi connectivity index (χ2n) is 5.94. The normalized spacial score (nSPS) is 14.5. The van der Waals surface area contributed by atoms with E-state index in [0.29, 0.717) is 5.71 Å². The molecule has 0 bridgehead atoms. The SMILES string of the molecule is CC1=Cc2oc3nc(C)ccc3c2N(C)B1[n+]1cccn1C. The summed E-state index contributed by atoms with van der Waals surface area (Å²) in [6.07, 6.45) is 6.26. The van der Waals surface area contributed by atoms with Crippen molar-refractivity contribution in [3.8, 4) is 0 Å². The van der Waals surface area contributed by atoms with E-state index in [0.717, 1.165) is 22.5 Å². The Kier molecular flexibility index (Phi) is 2.70. The van der Waals surface area contributed by atoms with E-state index >= 15 is 0 Å². The largest absolute Gasteiger partial charge is 0.671 e. The van der Waals surface area contributed by atoms with Gasteiger partial charge >= 0.3 is 6.98 Å². The third kappa shape index (κ3) is 1.73. The van der Waals surface area contributed by atoms with E-state index < -0.39 is 0 Å². The number of hydrogen-bond donors (Lipinski definition) is 0. The number of hydrogen-bond acceptors (Lipinski definition) is 3. The number of allylic oxidation sites excluding steroid dienone is 1. The Bertz CT molecular complexity index is 908. The molecule has 4 rings (SSSR count). The van der Waals surface area contributed by atoms with E-state index in [-0.39, 0.29) is 6.98 Å². The van der Waals surface area contributed by atoms with Crippen LogP contribution in [0.25, 0.3) is 17.2 Å². The average molecular weight is 293 g/mol. The quantitative estimate of drug-likeness (QED) is 0.646. The van der Waals surface area contributed by atoms with Crippen molar-refractivity contribution < 1.29 is 9.01 Å². The molecule has 0 aromatic carbocycles. The highest BCUT2D eigenvalue weighted by atomic mass is 16.3. The predicted molar refractivity (Wildman–Crippen MR) is 87.6 cm³/mol. The van der Waals surface area contributed by atoms with Crippen molar-refractivity contribution in [3.05, 3.63) is 47.5 Å². The van der Waals surface area contributed by atoms with Gasteiger partial charge in [0.15, 0.2) is 12.0 Å². The molecule has 0 saturated heterocycles. The molecule has 3 aromatic heterocycles. The van der Waals surface area contributed by atoms with E-state index in [1.807, 2.05) is 13.0 Å². The molecule has 1 aliphatic heterocycles. The molecule has 0 unspecified atom stereocenters. The van der Waals surface area contributed by atoms with E-state index in [2.05, 4.69) is 70.7 Å². The van der Waals surface area contributed by atoms with Crippen LogP contribution in [0.2, 0.25) is 0 Å². The van der Waals surface area contributed by atoms with Gasteiger partial charge in [0.1, 0.15) is 0 Å². The van der Waals surface area contributed by atoms with Gasteiger partial charge in [0.2, 0.25) is 5.71 Å². The molecule has 0 aliphatic carbocycles. The zero-order chi connectivity index (χ0) is 15.4. The zero-order valence-corrected chi connectivity index (χ0v) is 13.2. The molecule has 0 saturated carbocycles. The molecule has 22 heavy (non-hydrogen) atoms. The fourth-order valence-electron chi connectivity index (χ4n) is 3.32. The van der Waals surface area contributed by atoms with Crippen LogP contribution in [0, 0.1) is 6.92 Å². The summed E-state index contributed by atoms with van der Waals surface area (Å²) in [6.45, 7) is 4.25. The van der Waals surface area contributed by atoms with Crippen LogP contribution < -0.4 is 9.40 Å². The van der Waals surface area contributed by atoms with Crippen molar-refractivity contribution >= 4 is 29.8 Å². The number of nitrogens with zero attached hydrogens (tertiary/aromatic N) is 4. The third-order valence-corrected chi connectivity index (χ3v) is 4.34. The molecule has 0 atom stereocenters. The number of aryl methyl sites for hydroxylation is 2. The lowest BCUT2D eigenvalue weighted by molar-refractivity contribution is -0.629. The minimum atomic E-state index is 0.134. The van der Waals surface area contributed by atoms with Gasteiger partial charge in [0, 0.05) is 24.3 Å². The number of anilines is 1. The summed E-state index contributed by atoms with van der Waals surface area (Å²) in [5.41, 5.74) is 4.01. The van der Waals surface area contributed by atoms with Crippen LogP contribution in [-0.4, -0.2) is 23.7 Å². The second kappa shape index (κ2) is 4.50. The maximum absolute atomic E-state index is 5.96. The Labute approximate surface area is 129 Å². The van der Waals surface area contributed by atoms with Gasteiger partial charge in [-0.05, 0) is 32.1 Å². The van der Waals surface area contributed by atoms with Gasteiger partial charge in [-0.2, -0.15) is 9.27 Å². The summed E-state index contributed by atoms with van der Waals surface area (Å²) >= 11 is 0. The molecule has 110 valence electrons. The maximum atomic E-state index is 5.96. The van der Waals surface area contributed by atoms with E-state index in [1.54, 1.807) is 0 Å². The average Bonchev–Trinajstić information content (AvgIpc) is 3.02. The number of fused-ring (bicyclic) bond motifs is 3. The molecule has 0 N–H and O–H groups in total. The van der Waals surface area contributed by atoms with E-state index in [1.165, 1.54) is 5.47 Å². The summed E-state index contributed by atoms with van der Waals surface area (Å²) in [6, 6.07) is 6.18.